The minimum Gasteiger partial charge on any atom is -0.319 e. The van der Waals surface area contributed by atoms with Crippen LogP contribution < -0.4 is 5.32 Å². The predicted octanol–water partition coefficient (Wildman–Crippen LogP) is 6.53. The van der Waals surface area contributed by atoms with Gasteiger partial charge in [0.25, 0.3) is 5.91 Å². The van der Waals surface area contributed by atoms with Crippen LogP contribution in [0, 0.1) is 20.8 Å². The highest BCUT2D eigenvalue weighted by atomic mass is 79.9. The lowest BCUT2D eigenvalue weighted by Gasteiger charge is -2.10. The maximum atomic E-state index is 13.0. The number of halogens is 2. The molecule has 4 rings (SSSR count). The minimum absolute atomic E-state index is 0.0817. The molecule has 0 saturated heterocycles. The van der Waals surface area contributed by atoms with Gasteiger partial charge in [-0.3, -0.25) is 4.79 Å². The summed E-state index contributed by atoms with van der Waals surface area (Å²) < 4.78 is 2.69. The highest BCUT2D eigenvalue weighted by molar-refractivity contribution is 9.10. The van der Waals surface area contributed by atoms with E-state index < -0.39 is 5.91 Å². The highest BCUT2D eigenvalue weighted by Gasteiger charge is 2.20. The lowest BCUT2D eigenvalue weighted by Crippen LogP contribution is -2.15. The minimum atomic E-state index is -0.396. The Labute approximate surface area is 194 Å². The Balaban J connectivity index is 1.81. The topological polar surface area (TPSA) is 59.8 Å². The van der Waals surface area contributed by atoms with E-state index in [1.54, 1.807) is 22.9 Å². The fourth-order valence-electron chi connectivity index (χ4n) is 3.23. The van der Waals surface area contributed by atoms with Crippen LogP contribution in [0.2, 0.25) is 5.02 Å². The average molecular weight is 496 g/mol. The van der Waals surface area contributed by atoms with Gasteiger partial charge in [-0.2, -0.15) is 0 Å². The first-order valence-corrected chi connectivity index (χ1v) is 10.9. The summed E-state index contributed by atoms with van der Waals surface area (Å²) in [5.74, 6) is 0.278. The standard InChI is InChI=1S/C24H20BrClN4O/c1-14-7-8-15(2)21(13-14)30-23(17-9-11-18(25)12-10-17)28-22(29-30)24(31)27-20-6-4-5-19(26)16(20)3/h4-13H,1-3H3,(H,27,31). The highest BCUT2D eigenvalue weighted by Crippen LogP contribution is 2.27. The van der Waals surface area contributed by atoms with Crippen molar-refractivity contribution >= 4 is 39.1 Å². The predicted molar refractivity (Wildman–Crippen MR) is 128 cm³/mol. The second kappa shape index (κ2) is 8.65. The molecule has 5 nitrogen and oxygen atoms in total. The molecule has 0 bridgehead atoms. The molecule has 1 N–H and O–H groups in total. The van der Waals surface area contributed by atoms with E-state index in [2.05, 4.69) is 31.3 Å². The number of aryl methyl sites for hydroxylation is 2. The molecule has 0 aliphatic rings. The summed E-state index contributed by atoms with van der Waals surface area (Å²) in [5.41, 5.74) is 5.29. The van der Waals surface area contributed by atoms with E-state index in [4.69, 9.17) is 11.6 Å². The van der Waals surface area contributed by atoms with Crippen molar-refractivity contribution in [2.24, 2.45) is 0 Å². The monoisotopic (exact) mass is 494 g/mol. The number of nitrogens with one attached hydrogen (secondary N) is 1. The quantitative estimate of drug-likeness (QED) is 0.350. The summed E-state index contributed by atoms with van der Waals surface area (Å²) in [6.45, 7) is 5.89. The second-order valence-corrected chi connectivity index (χ2v) is 8.66. The fraction of sp³-hybridized carbons (Fsp3) is 0.125. The van der Waals surface area contributed by atoms with Crippen LogP contribution in [0.15, 0.2) is 65.1 Å². The van der Waals surface area contributed by atoms with E-state index in [9.17, 15) is 4.79 Å². The van der Waals surface area contributed by atoms with E-state index in [1.807, 2.05) is 63.2 Å². The van der Waals surface area contributed by atoms with Crippen molar-refractivity contribution < 1.29 is 4.79 Å². The lowest BCUT2D eigenvalue weighted by atomic mass is 10.1. The third kappa shape index (κ3) is 4.40. The zero-order valence-corrected chi connectivity index (χ0v) is 19.6. The number of carbonyl (C=O) groups excluding carboxylic acids is 1. The molecule has 3 aromatic carbocycles. The molecule has 1 heterocycles. The molecule has 156 valence electrons. The summed E-state index contributed by atoms with van der Waals surface area (Å²) in [6, 6.07) is 19.3. The Morgan fingerprint density at radius 1 is 1.03 bits per heavy atom. The Kier molecular flexibility index (Phi) is 5.94. The number of rotatable bonds is 4. The molecule has 0 aliphatic heterocycles. The van der Waals surface area contributed by atoms with Crippen LogP contribution in [-0.2, 0) is 0 Å². The van der Waals surface area contributed by atoms with Crippen LogP contribution in [-0.4, -0.2) is 20.7 Å². The van der Waals surface area contributed by atoms with E-state index in [0.29, 0.717) is 16.5 Å². The molecule has 0 aliphatic carbocycles. The Hall–Kier alpha value is -2.96. The number of amides is 1. The van der Waals surface area contributed by atoms with Gasteiger partial charge in [0.05, 0.1) is 5.69 Å². The number of nitrogens with zero attached hydrogens (tertiary/aromatic N) is 3. The van der Waals surface area contributed by atoms with E-state index in [-0.39, 0.29) is 5.82 Å². The van der Waals surface area contributed by atoms with Crippen LogP contribution in [0.1, 0.15) is 27.3 Å². The van der Waals surface area contributed by atoms with Crippen molar-refractivity contribution in [3.8, 4) is 17.1 Å². The van der Waals surface area contributed by atoms with Gasteiger partial charge in [-0.1, -0.05) is 57.9 Å². The van der Waals surface area contributed by atoms with Gasteiger partial charge in [-0.15, -0.1) is 5.10 Å². The Morgan fingerprint density at radius 2 is 1.77 bits per heavy atom. The molecule has 7 heteroatoms. The summed E-state index contributed by atoms with van der Waals surface area (Å²) in [5, 5.41) is 8.04. The van der Waals surface area contributed by atoms with Crippen molar-refractivity contribution in [1.29, 1.82) is 0 Å². The van der Waals surface area contributed by atoms with Gasteiger partial charge in [0.2, 0.25) is 5.82 Å². The number of hydrogen-bond donors (Lipinski definition) is 1. The molecule has 0 unspecified atom stereocenters. The number of carbonyl (C=O) groups is 1. The average Bonchev–Trinajstić information content (AvgIpc) is 3.19. The Bertz CT molecular complexity index is 1280. The maximum Gasteiger partial charge on any atom is 0.295 e. The number of benzene rings is 3. The van der Waals surface area contributed by atoms with E-state index in [0.717, 1.165) is 32.4 Å². The van der Waals surface area contributed by atoms with Crippen LogP contribution in [0.25, 0.3) is 17.1 Å². The van der Waals surface area contributed by atoms with Gasteiger partial charge in [-0.25, -0.2) is 9.67 Å². The zero-order chi connectivity index (χ0) is 22.1. The summed E-state index contributed by atoms with van der Waals surface area (Å²) in [4.78, 5) is 17.6. The maximum absolute atomic E-state index is 13.0. The van der Waals surface area contributed by atoms with Crippen molar-refractivity contribution in [3.63, 3.8) is 0 Å². The van der Waals surface area contributed by atoms with Gasteiger partial charge in [0.15, 0.2) is 5.82 Å². The molecule has 0 fully saturated rings. The fourth-order valence-corrected chi connectivity index (χ4v) is 3.67. The second-order valence-electron chi connectivity index (χ2n) is 7.33. The van der Waals surface area contributed by atoms with E-state index in [1.165, 1.54) is 0 Å². The summed E-state index contributed by atoms with van der Waals surface area (Å²) in [6.07, 6.45) is 0. The van der Waals surface area contributed by atoms with Gasteiger partial charge in [-0.05, 0) is 67.8 Å². The van der Waals surface area contributed by atoms with Crippen molar-refractivity contribution in [2.45, 2.75) is 20.8 Å². The first kappa shape index (κ1) is 21.3. The zero-order valence-electron chi connectivity index (χ0n) is 17.3. The van der Waals surface area contributed by atoms with Gasteiger partial charge >= 0.3 is 0 Å². The van der Waals surface area contributed by atoms with Crippen molar-refractivity contribution in [1.82, 2.24) is 14.8 Å². The molecule has 4 aromatic rings. The molecule has 1 aromatic heterocycles. The largest absolute Gasteiger partial charge is 0.319 e. The van der Waals surface area contributed by atoms with Crippen molar-refractivity contribution in [2.75, 3.05) is 5.32 Å². The Morgan fingerprint density at radius 3 is 2.52 bits per heavy atom. The van der Waals surface area contributed by atoms with Crippen LogP contribution >= 0.6 is 27.5 Å². The summed E-state index contributed by atoms with van der Waals surface area (Å²) in [7, 11) is 0. The molecule has 1 amide bonds. The first-order chi connectivity index (χ1) is 14.8. The smallest absolute Gasteiger partial charge is 0.295 e. The number of aromatic nitrogens is 3. The molecule has 0 atom stereocenters. The first-order valence-electron chi connectivity index (χ1n) is 9.70. The SMILES string of the molecule is Cc1ccc(C)c(-n2nc(C(=O)Nc3cccc(Cl)c3C)nc2-c2ccc(Br)cc2)c1. The van der Waals surface area contributed by atoms with Crippen LogP contribution in [0.3, 0.4) is 0 Å². The molecule has 0 radical (unpaired) electrons. The third-order valence-electron chi connectivity index (χ3n) is 5.02. The van der Waals surface area contributed by atoms with E-state index >= 15 is 0 Å². The lowest BCUT2D eigenvalue weighted by molar-refractivity contribution is 0.101. The normalized spacial score (nSPS) is 10.9. The van der Waals surface area contributed by atoms with Crippen LogP contribution in [0.4, 0.5) is 5.69 Å². The van der Waals surface area contributed by atoms with Crippen LogP contribution in [0.5, 0.6) is 0 Å². The molecule has 31 heavy (non-hydrogen) atoms. The van der Waals surface area contributed by atoms with Gasteiger partial charge in [0.1, 0.15) is 0 Å². The number of anilines is 1. The molecule has 0 saturated carbocycles. The molecular weight excluding hydrogens is 476 g/mol. The van der Waals surface area contributed by atoms with Gasteiger partial charge in [0, 0.05) is 20.7 Å². The van der Waals surface area contributed by atoms with Gasteiger partial charge < -0.3 is 5.32 Å². The number of hydrogen-bond acceptors (Lipinski definition) is 3. The van der Waals surface area contributed by atoms with Crippen molar-refractivity contribution in [3.05, 3.63) is 92.7 Å². The summed E-state index contributed by atoms with van der Waals surface area (Å²) >= 11 is 9.65. The molecular formula is C24H20BrClN4O. The third-order valence-corrected chi connectivity index (χ3v) is 5.96. The molecule has 0 spiro atoms.